The number of carbonyl (C=O) groups is 2. The van der Waals surface area contributed by atoms with E-state index in [9.17, 15) is 23.2 Å². The van der Waals surface area contributed by atoms with Crippen LogP contribution in [-0.4, -0.2) is 85.9 Å². The van der Waals surface area contributed by atoms with Gasteiger partial charge in [0, 0.05) is 19.6 Å². The highest BCUT2D eigenvalue weighted by Gasteiger charge is 2.52. The second kappa shape index (κ2) is 12.5. The van der Waals surface area contributed by atoms with Crippen molar-refractivity contribution in [1.29, 1.82) is 0 Å². The molecule has 198 valence electrons. The average molecular weight is 541 g/mol. The summed E-state index contributed by atoms with van der Waals surface area (Å²) in [5, 5.41) is 9.64. The number of carbonyl (C=O) groups excluding carboxylic acids is 2. The van der Waals surface area contributed by atoms with Crippen LogP contribution in [0.4, 0.5) is 0 Å². The number of likely N-dealkylation sites (N-methyl/N-ethyl adjacent to an activating group) is 1. The van der Waals surface area contributed by atoms with E-state index in [1.807, 2.05) is 6.07 Å². The molecule has 2 N–H and O–H groups in total. The van der Waals surface area contributed by atoms with Crippen LogP contribution in [0, 0.1) is 0 Å². The highest BCUT2D eigenvalue weighted by molar-refractivity contribution is 7.89. The number of sulfonamides is 1. The van der Waals surface area contributed by atoms with Gasteiger partial charge in [-0.2, -0.15) is 4.31 Å². The van der Waals surface area contributed by atoms with Crippen molar-refractivity contribution >= 4 is 34.2 Å². The molecule has 1 heterocycles. The molecule has 1 aliphatic heterocycles. The number of ether oxygens (including phenoxy) is 1. The number of likely N-dealkylation sites (tertiary alicyclic amines) is 1. The van der Waals surface area contributed by atoms with Gasteiger partial charge in [0.1, 0.15) is 11.3 Å². The number of nitrogens with zero attached hydrogens (tertiary/aromatic N) is 3. The van der Waals surface area contributed by atoms with E-state index in [1.54, 1.807) is 53.6 Å². The van der Waals surface area contributed by atoms with Gasteiger partial charge >= 0.3 is 0 Å². The molecule has 1 aliphatic rings. The molecule has 36 heavy (non-hydrogen) atoms. The summed E-state index contributed by atoms with van der Waals surface area (Å²) in [6.07, 6.45) is 0.0571. The van der Waals surface area contributed by atoms with Crippen molar-refractivity contribution in [3.8, 4) is 5.75 Å². The lowest BCUT2D eigenvalue weighted by Gasteiger charge is -2.46. The molecular formula is C24H33ClN4O6S. The summed E-state index contributed by atoms with van der Waals surface area (Å²) >= 11 is 0. The third-order valence-electron chi connectivity index (χ3n) is 6.21. The van der Waals surface area contributed by atoms with Gasteiger partial charge in [-0.15, -0.1) is 12.4 Å². The first-order valence-electron chi connectivity index (χ1n) is 11.2. The number of benzene rings is 2. The van der Waals surface area contributed by atoms with Crippen molar-refractivity contribution < 1.29 is 28.0 Å². The molecule has 10 nitrogen and oxygen atoms in total. The highest BCUT2D eigenvalue weighted by Crippen LogP contribution is 2.36. The Balaban J connectivity index is 0.00000456. The van der Waals surface area contributed by atoms with Gasteiger partial charge in [-0.1, -0.05) is 30.3 Å². The summed E-state index contributed by atoms with van der Waals surface area (Å²) in [5.74, 6) is -0.444. The van der Waals surface area contributed by atoms with E-state index < -0.39 is 21.5 Å². The zero-order chi connectivity index (χ0) is 25.6. The van der Waals surface area contributed by atoms with E-state index >= 15 is 0 Å². The first-order chi connectivity index (χ1) is 16.6. The molecule has 0 atom stereocenters. The Hall–Kier alpha value is -2.70. The number of halogens is 1. The van der Waals surface area contributed by atoms with Crippen molar-refractivity contribution in [2.24, 2.45) is 0 Å². The molecule has 0 aliphatic carbocycles. The van der Waals surface area contributed by atoms with Crippen LogP contribution in [0.2, 0.25) is 0 Å². The van der Waals surface area contributed by atoms with Gasteiger partial charge in [-0.05, 0) is 56.8 Å². The molecule has 0 aromatic heterocycles. The number of hydrogen-bond donors (Lipinski definition) is 2. The van der Waals surface area contributed by atoms with E-state index in [0.29, 0.717) is 11.3 Å². The van der Waals surface area contributed by atoms with Gasteiger partial charge in [0.15, 0.2) is 0 Å². The van der Waals surface area contributed by atoms with E-state index in [2.05, 4.69) is 0 Å². The molecule has 3 rings (SSSR count). The predicted molar refractivity (Wildman–Crippen MR) is 136 cm³/mol. The normalized spacial score (nSPS) is 15.3. The number of piperidine rings is 1. The minimum Gasteiger partial charge on any atom is -0.497 e. The number of methoxy groups -OCH3 is 1. The van der Waals surface area contributed by atoms with Crippen LogP contribution in [0.3, 0.4) is 0 Å². The summed E-state index contributed by atoms with van der Waals surface area (Å²) in [6, 6.07) is 14.9. The molecular weight excluding hydrogens is 508 g/mol. The fraction of sp³-hybridized carbons (Fsp3) is 0.417. The monoisotopic (exact) mass is 540 g/mol. The van der Waals surface area contributed by atoms with Gasteiger partial charge < -0.3 is 14.5 Å². The Morgan fingerprint density at radius 2 is 1.64 bits per heavy atom. The maximum atomic E-state index is 14.0. The standard InChI is InChI=1S/C24H32N4O6S.ClH/c1-26(2)18-22(29)27-15-13-24(14-16-27,23(30)25-31)28(17-19-7-5-4-6-8-19)35(32,33)21-11-9-20(34-3)10-12-21;/h4-12,31H,13-18H2,1-3H3,(H,25,30);1H. The number of rotatable bonds is 9. The summed E-state index contributed by atoms with van der Waals surface area (Å²) in [4.78, 5) is 29.1. The molecule has 0 radical (unpaired) electrons. The van der Waals surface area contributed by atoms with Crippen molar-refractivity contribution in [2.45, 2.75) is 29.8 Å². The topological polar surface area (TPSA) is 119 Å². The fourth-order valence-corrected chi connectivity index (χ4v) is 6.06. The minimum absolute atomic E-state index is 0. The molecule has 1 saturated heterocycles. The third-order valence-corrected chi connectivity index (χ3v) is 8.14. The van der Waals surface area contributed by atoms with E-state index in [4.69, 9.17) is 4.74 Å². The lowest BCUT2D eigenvalue weighted by Crippen LogP contribution is -2.64. The SMILES string of the molecule is COc1ccc(S(=O)(=O)N(Cc2ccccc2)C2(C(=O)NO)CCN(C(=O)CN(C)C)CC2)cc1.Cl. The van der Waals surface area contributed by atoms with Crippen LogP contribution in [0.15, 0.2) is 59.5 Å². The largest absolute Gasteiger partial charge is 0.497 e. The summed E-state index contributed by atoms with van der Waals surface area (Å²) in [7, 11) is 0.855. The second-order valence-corrected chi connectivity index (χ2v) is 10.6. The van der Waals surface area contributed by atoms with Crippen LogP contribution in [0.5, 0.6) is 5.75 Å². The second-order valence-electron chi connectivity index (χ2n) is 8.76. The average Bonchev–Trinajstić information content (AvgIpc) is 2.87. The van der Waals surface area contributed by atoms with Gasteiger partial charge in [0.05, 0.1) is 18.6 Å². The Kier molecular flexibility index (Phi) is 10.3. The zero-order valence-corrected chi connectivity index (χ0v) is 22.2. The van der Waals surface area contributed by atoms with Crippen LogP contribution >= 0.6 is 12.4 Å². The fourth-order valence-electron chi connectivity index (χ4n) is 4.28. The number of nitrogens with one attached hydrogen (secondary N) is 1. The van der Waals surface area contributed by atoms with Gasteiger partial charge in [-0.25, -0.2) is 13.9 Å². The Morgan fingerprint density at radius 3 is 2.14 bits per heavy atom. The maximum absolute atomic E-state index is 14.0. The molecule has 0 unspecified atom stereocenters. The summed E-state index contributed by atoms with van der Waals surface area (Å²) in [6.45, 7) is 0.457. The van der Waals surface area contributed by atoms with Crippen LogP contribution in [-0.2, 0) is 26.2 Å². The summed E-state index contributed by atoms with van der Waals surface area (Å²) in [5.41, 5.74) is 0.765. The third kappa shape index (κ3) is 6.34. The molecule has 2 amide bonds. The van der Waals surface area contributed by atoms with Crippen molar-refractivity contribution in [3.63, 3.8) is 0 Å². The summed E-state index contributed by atoms with van der Waals surface area (Å²) < 4.78 is 34.2. The van der Waals surface area contributed by atoms with Crippen LogP contribution in [0.1, 0.15) is 18.4 Å². The van der Waals surface area contributed by atoms with E-state index in [1.165, 1.54) is 31.4 Å². The lowest BCUT2D eigenvalue weighted by molar-refractivity contribution is -0.146. The number of hydroxylamine groups is 1. The van der Waals surface area contributed by atoms with Gasteiger partial charge in [0.25, 0.3) is 5.91 Å². The Bertz CT molecular complexity index is 1120. The molecule has 1 fully saturated rings. The van der Waals surface area contributed by atoms with E-state index in [0.717, 1.165) is 4.31 Å². The lowest BCUT2D eigenvalue weighted by atomic mass is 9.86. The quantitative estimate of drug-likeness (QED) is 0.367. The number of hydrogen-bond acceptors (Lipinski definition) is 7. The Labute approximate surface area is 218 Å². The van der Waals surface area contributed by atoms with Gasteiger partial charge in [-0.3, -0.25) is 14.8 Å². The molecule has 0 bridgehead atoms. The van der Waals surface area contributed by atoms with Crippen molar-refractivity contribution in [1.82, 2.24) is 19.6 Å². The highest BCUT2D eigenvalue weighted by atomic mass is 35.5. The maximum Gasteiger partial charge on any atom is 0.265 e. The molecule has 0 spiro atoms. The minimum atomic E-state index is -4.20. The van der Waals surface area contributed by atoms with Crippen molar-refractivity contribution in [3.05, 3.63) is 60.2 Å². The molecule has 2 aromatic carbocycles. The van der Waals surface area contributed by atoms with Crippen molar-refractivity contribution in [2.75, 3.05) is 40.8 Å². The molecule has 2 aromatic rings. The van der Waals surface area contributed by atoms with Gasteiger partial charge in [0.2, 0.25) is 15.9 Å². The zero-order valence-electron chi connectivity index (χ0n) is 20.6. The first-order valence-corrected chi connectivity index (χ1v) is 12.7. The predicted octanol–water partition coefficient (Wildman–Crippen LogP) is 1.74. The first kappa shape index (κ1) is 29.5. The smallest absolute Gasteiger partial charge is 0.265 e. The van der Waals surface area contributed by atoms with Crippen LogP contribution < -0.4 is 10.2 Å². The Morgan fingerprint density at radius 1 is 1.06 bits per heavy atom. The van der Waals surface area contributed by atoms with E-state index in [-0.39, 0.29) is 62.2 Å². The number of amides is 2. The molecule has 12 heteroatoms. The van der Waals surface area contributed by atoms with Crippen LogP contribution in [0.25, 0.3) is 0 Å². The molecule has 0 saturated carbocycles.